The molecule has 1 aromatic heterocycles. The van der Waals surface area contributed by atoms with Crippen molar-refractivity contribution >= 4 is 27.4 Å². The van der Waals surface area contributed by atoms with E-state index >= 15 is 0 Å². The summed E-state index contributed by atoms with van der Waals surface area (Å²) in [5.41, 5.74) is 1.14. The number of aryl methyl sites for hydroxylation is 1. The summed E-state index contributed by atoms with van der Waals surface area (Å²) < 4.78 is 51.3. The number of fused-ring (bicyclic) bond motifs is 1. The molecular formula is C26H27F3O3S. The van der Waals surface area contributed by atoms with Gasteiger partial charge in [-0.1, -0.05) is 44.7 Å². The van der Waals surface area contributed by atoms with Crippen LogP contribution in [0.4, 0.5) is 13.2 Å². The molecule has 1 unspecified atom stereocenters. The minimum absolute atomic E-state index is 0.133. The van der Waals surface area contributed by atoms with Gasteiger partial charge in [0.25, 0.3) is 0 Å². The lowest BCUT2D eigenvalue weighted by atomic mass is 9.88. The molecular weight excluding hydrogens is 449 g/mol. The Labute approximate surface area is 195 Å². The van der Waals surface area contributed by atoms with Crippen molar-refractivity contribution in [1.82, 2.24) is 0 Å². The second kappa shape index (κ2) is 10.00. The molecule has 1 heterocycles. The molecule has 176 valence electrons. The van der Waals surface area contributed by atoms with Crippen molar-refractivity contribution in [1.29, 1.82) is 0 Å². The predicted molar refractivity (Wildman–Crippen MR) is 127 cm³/mol. The zero-order chi connectivity index (χ0) is 24.2. The van der Waals surface area contributed by atoms with Crippen LogP contribution < -0.4 is 4.74 Å². The molecule has 3 rings (SSSR count). The smallest absolute Gasteiger partial charge is 0.389 e. The van der Waals surface area contributed by atoms with E-state index in [4.69, 9.17) is 9.47 Å². The number of ether oxygens (including phenoxy) is 2. The first-order chi connectivity index (χ1) is 15.5. The number of benzene rings is 2. The zero-order valence-corrected chi connectivity index (χ0v) is 19.7. The lowest BCUT2D eigenvalue weighted by molar-refractivity contribution is -0.173. The fourth-order valence-corrected chi connectivity index (χ4v) is 4.70. The van der Waals surface area contributed by atoms with E-state index in [9.17, 15) is 18.0 Å². The Morgan fingerprint density at radius 2 is 1.82 bits per heavy atom. The van der Waals surface area contributed by atoms with Crippen LogP contribution in [0.3, 0.4) is 0 Å². The third-order valence-electron chi connectivity index (χ3n) is 5.27. The summed E-state index contributed by atoms with van der Waals surface area (Å²) in [5.74, 6) is -0.248. The first kappa shape index (κ1) is 24.8. The van der Waals surface area contributed by atoms with E-state index in [1.165, 1.54) is 25.0 Å². The van der Waals surface area contributed by atoms with E-state index in [1.807, 2.05) is 24.3 Å². The molecule has 0 saturated heterocycles. The summed E-state index contributed by atoms with van der Waals surface area (Å²) >= 11 is 1.62. The van der Waals surface area contributed by atoms with E-state index in [0.29, 0.717) is 5.75 Å². The highest BCUT2D eigenvalue weighted by molar-refractivity contribution is 7.22. The van der Waals surface area contributed by atoms with Gasteiger partial charge in [-0.05, 0) is 54.1 Å². The molecule has 7 heteroatoms. The van der Waals surface area contributed by atoms with Crippen molar-refractivity contribution in [3.05, 3.63) is 66.2 Å². The summed E-state index contributed by atoms with van der Waals surface area (Å²) in [4.78, 5) is 12.8. The third-order valence-corrected chi connectivity index (χ3v) is 6.40. The van der Waals surface area contributed by atoms with E-state index in [0.717, 1.165) is 21.4 Å². The van der Waals surface area contributed by atoms with Gasteiger partial charge >= 0.3 is 12.1 Å². The molecule has 3 nitrogen and oxygen atoms in total. The average Bonchev–Trinajstić information content (AvgIpc) is 3.18. The summed E-state index contributed by atoms with van der Waals surface area (Å²) in [7, 11) is 0. The number of hydrogen-bond donors (Lipinski definition) is 0. The van der Waals surface area contributed by atoms with E-state index < -0.39 is 30.6 Å². The fourth-order valence-electron chi connectivity index (χ4n) is 3.55. The van der Waals surface area contributed by atoms with Crippen molar-refractivity contribution in [3.63, 3.8) is 0 Å². The second-order valence-corrected chi connectivity index (χ2v) is 9.65. The molecule has 1 atom stereocenters. The number of thiophene rings is 1. The first-order valence-corrected chi connectivity index (χ1v) is 11.5. The minimum atomic E-state index is -4.42. The van der Waals surface area contributed by atoms with Crippen LogP contribution in [-0.4, -0.2) is 25.4 Å². The molecule has 0 aliphatic heterocycles. The van der Waals surface area contributed by atoms with Crippen LogP contribution in [0.25, 0.3) is 20.5 Å². The molecule has 2 aromatic carbocycles. The topological polar surface area (TPSA) is 35.5 Å². The van der Waals surface area contributed by atoms with Gasteiger partial charge in [0.05, 0.1) is 13.0 Å². The number of hydrogen-bond acceptors (Lipinski definition) is 4. The SMILES string of the molecule is C=C(C)C(=O)OCC(C)(COc1ccc2cc(-c3ccccc3CC)sc2c1)CC(F)(F)F. The van der Waals surface area contributed by atoms with E-state index in [2.05, 4.69) is 31.7 Å². The fraction of sp³-hybridized carbons (Fsp3) is 0.346. The molecule has 0 N–H and O–H groups in total. The maximum absolute atomic E-state index is 13.2. The highest BCUT2D eigenvalue weighted by Gasteiger charge is 2.41. The molecule has 0 radical (unpaired) electrons. The van der Waals surface area contributed by atoms with Gasteiger partial charge in [0, 0.05) is 20.6 Å². The molecule has 3 aromatic rings. The van der Waals surface area contributed by atoms with Gasteiger partial charge in [-0.2, -0.15) is 13.2 Å². The van der Waals surface area contributed by atoms with Gasteiger partial charge in [-0.15, -0.1) is 11.3 Å². The van der Waals surface area contributed by atoms with Crippen LogP contribution in [0.2, 0.25) is 0 Å². The van der Waals surface area contributed by atoms with Gasteiger partial charge in [0.1, 0.15) is 12.4 Å². The quantitative estimate of drug-likeness (QED) is 0.236. The van der Waals surface area contributed by atoms with Crippen LogP contribution in [0, 0.1) is 5.41 Å². The molecule has 0 amide bonds. The summed E-state index contributed by atoms with van der Waals surface area (Å²) in [5, 5.41) is 1.04. The highest BCUT2D eigenvalue weighted by Crippen LogP contribution is 2.38. The lowest BCUT2D eigenvalue weighted by Gasteiger charge is -2.30. The predicted octanol–water partition coefficient (Wildman–Crippen LogP) is 7.59. The number of carbonyl (C=O) groups excluding carboxylic acids is 1. The van der Waals surface area contributed by atoms with Crippen LogP contribution in [-0.2, 0) is 16.0 Å². The standard InChI is InChI=1S/C26H27F3O3S/c1-5-18-8-6-7-9-21(18)23-12-19-10-11-20(13-22(19)33-23)31-15-25(4,14-26(27,28)29)16-32-24(30)17(2)3/h6-13H,2,5,14-16H2,1,3-4H3. The maximum atomic E-state index is 13.2. The van der Waals surface area contributed by atoms with Crippen LogP contribution in [0.15, 0.2) is 60.7 Å². The number of alkyl halides is 3. The second-order valence-electron chi connectivity index (χ2n) is 8.57. The summed E-state index contributed by atoms with van der Waals surface area (Å²) in [6, 6.07) is 15.8. The Balaban J connectivity index is 1.79. The molecule has 0 fully saturated rings. The van der Waals surface area contributed by atoms with Gasteiger partial charge in [0.15, 0.2) is 0 Å². The number of esters is 1. The van der Waals surface area contributed by atoms with Crippen LogP contribution in [0.5, 0.6) is 5.75 Å². The monoisotopic (exact) mass is 476 g/mol. The Kier molecular flexibility index (Phi) is 7.52. The van der Waals surface area contributed by atoms with Crippen LogP contribution >= 0.6 is 11.3 Å². The molecule has 33 heavy (non-hydrogen) atoms. The Hall–Kier alpha value is -2.80. The normalized spacial score (nSPS) is 13.5. The van der Waals surface area contributed by atoms with Crippen molar-refractivity contribution in [2.24, 2.45) is 5.41 Å². The van der Waals surface area contributed by atoms with E-state index in [-0.39, 0.29) is 12.2 Å². The summed E-state index contributed by atoms with van der Waals surface area (Å²) in [6.07, 6.45) is -4.64. The highest BCUT2D eigenvalue weighted by atomic mass is 32.1. The average molecular weight is 477 g/mol. The van der Waals surface area contributed by atoms with Crippen LogP contribution in [0.1, 0.15) is 32.8 Å². The zero-order valence-electron chi connectivity index (χ0n) is 18.9. The van der Waals surface area contributed by atoms with Gasteiger partial charge in [0.2, 0.25) is 0 Å². The van der Waals surface area contributed by atoms with Crippen molar-refractivity contribution in [2.75, 3.05) is 13.2 Å². The molecule has 0 aliphatic carbocycles. The Morgan fingerprint density at radius 3 is 2.48 bits per heavy atom. The minimum Gasteiger partial charge on any atom is -0.493 e. The van der Waals surface area contributed by atoms with Crippen molar-refractivity contribution in [3.8, 4) is 16.2 Å². The number of rotatable bonds is 9. The molecule has 0 bridgehead atoms. The van der Waals surface area contributed by atoms with E-state index in [1.54, 1.807) is 17.4 Å². The lowest BCUT2D eigenvalue weighted by Crippen LogP contribution is -2.36. The maximum Gasteiger partial charge on any atom is 0.389 e. The van der Waals surface area contributed by atoms with Crippen molar-refractivity contribution in [2.45, 2.75) is 39.8 Å². The molecule has 0 saturated carbocycles. The molecule has 0 aliphatic rings. The van der Waals surface area contributed by atoms with Gasteiger partial charge in [-0.25, -0.2) is 4.79 Å². The summed E-state index contributed by atoms with van der Waals surface area (Å²) in [6.45, 7) is 7.75. The molecule has 0 spiro atoms. The largest absolute Gasteiger partial charge is 0.493 e. The van der Waals surface area contributed by atoms with Gasteiger partial charge in [-0.3, -0.25) is 0 Å². The number of halogens is 3. The van der Waals surface area contributed by atoms with Gasteiger partial charge < -0.3 is 9.47 Å². The Morgan fingerprint density at radius 1 is 1.09 bits per heavy atom. The third kappa shape index (κ3) is 6.60. The van der Waals surface area contributed by atoms with Crippen molar-refractivity contribution < 1.29 is 27.4 Å². The number of carbonyl (C=O) groups is 1. The first-order valence-electron chi connectivity index (χ1n) is 10.6. The Bertz CT molecular complexity index is 1150.